The van der Waals surface area contributed by atoms with Crippen LogP contribution < -0.4 is 5.32 Å². The van der Waals surface area contributed by atoms with E-state index in [0.717, 1.165) is 33.2 Å². The van der Waals surface area contributed by atoms with E-state index in [1.54, 1.807) is 4.68 Å². The average molecular weight is 307 g/mol. The van der Waals surface area contributed by atoms with Gasteiger partial charge in [-0.2, -0.15) is 4.98 Å². The Hall–Kier alpha value is -2.96. The Morgan fingerprint density at radius 1 is 1.26 bits per heavy atom. The summed E-state index contributed by atoms with van der Waals surface area (Å²) in [6.45, 7) is 4.12. The first-order valence-electron chi connectivity index (χ1n) is 7.52. The first kappa shape index (κ1) is 13.7. The van der Waals surface area contributed by atoms with Gasteiger partial charge < -0.3 is 10.3 Å². The van der Waals surface area contributed by atoms with Crippen molar-refractivity contribution in [3.8, 4) is 11.1 Å². The molecular formula is C16H17N7. The van der Waals surface area contributed by atoms with Crippen molar-refractivity contribution >= 4 is 28.0 Å². The van der Waals surface area contributed by atoms with Crippen molar-refractivity contribution in [2.24, 2.45) is 7.05 Å². The molecule has 3 aromatic heterocycles. The highest BCUT2D eigenvalue weighted by Crippen LogP contribution is 2.29. The number of nitrogens with zero attached hydrogens (tertiary/aromatic N) is 5. The van der Waals surface area contributed by atoms with E-state index in [1.807, 2.05) is 31.6 Å². The maximum absolute atomic E-state index is 4.52. The molecule has 4 aromatic rings. The topological polar surface area (TPSA) is 84.3 Å². The maximum Gasteiger partial charge on any atom is 0.224 e. The zero-order valence-electron chi connectivity index (χ0n) is 13.2. The van der Waals surface area contributed by atoms with Crippen molar-refractivity contribution in [3.05, 3.63) is 30.6 Å². The molecule has 0 aliphatic heterocycles. The highest BCUT2D eigenvalue weighted by atomic mass is 15.4. The van der Waals surface area contributed by atoms with Crippen LogP contribution in [0, 0.1) is 0 Å². The Labute approximate surface area is 132 Å². The molecule has 0 aliphatic carbocycles. The predicted octanol–water partition coefficient (Wildman–Crippen LogP) is 2.73. The maximum atomic E-state index is 4.52. The average Bonchev–Trinajstić information content (AvgIpc) is 3.10. The molecule has 0 saturated heterocycles. The third-order valence-corrected chi connectivity index (χ3v) is 3.77. The van der Waals surface area contributed by atoms with E-state index in [-0.39, 0.29) is 0 Å². The number of hydrogen-bond acceptors (Lipinski definition) is 5. The zero-order valence-corrected chi connectivity index (χ0v) is 13.2. The molecule has 116 valence electrons. The van der Waals surface area contributed by atoms with Crippen LogP contribution in [0.15, 0.2) is 30.6 Å². The second-order valence-corrected chi connectivity index (χ2v) is 5.87. The van der Waals surface area contributed by atoms with Gasteiger partial charge in [0.2, 0.25) is 5.95 Å². The van der Waals surface area contributed by atoms with Crippen LogP contribution >= 0.6 is 0 Å². The second-order valence-electron chi connectivity index (χ2n) is 5.87. The van der Waals surface area contributed by atoms with E-state index in [4.69, 9.17) is 0 Å². The van der Waals surface area contributed by atoms with Gasteiger partial charge in [0.05, 0.1) is 5.52 Å². The monoisotopic (exact) mass is 307 g/mol. The van der Waals surface area contributed by atoms with Crippen LogP contribution in [0.4, 0.5) is 5.95 Å². The first-order valence-corrected chi connectivity index (χ1v) is 7.52. The minimum atomic E-state index is 0.293. The molecule has 4 rings (SSSR count). The number of hydrogen-bond donors (Lipinski definition) is 2. The predicted molar refractivity (Wildman–Crippen MR) is 90.2 cm³/mol. The van der Waals surface area contributed by atoms with E-state index in [0.29, 0.717) is 12.0 Å². The van der Waals surface area contributed by atoms with Crippen LogP contribution in [0.2, 0.25) is 0 Å². The molecule has 23 heavy (non-hydrogen) atoms. The lowest BCUT2D eigenvalue weighted by molar-refractivity contribution is 0.736. The fourth-order valence-electron chi connectivity index (χ4n) is 2.67. The number of aromatic nitrogens is 6. The van der Waals surface area contributed by atoms with Crippen molar-refractivity contribution < 1.29 is 0 Å². The number of fused-ring (bicyclic) bond motifs is 2. The van der Waals surface area contributed by atoms with Gasteiger partial charge in [0, 0.05) is 36.4 Å². The molecule has 0 spiro atoms. The number of aryl methyl sites for hydroxylation is 1. The summed E-state index contributed by atoms with van der Waals surface area (Å²) >= 11 is 0. The van der Waals surface area contributed by atoms with E-state index in [9.17, 15) is 0 Å². The molecule has 0 fully saturated rings. The van der Waals surface area contributed by atoms with Gasteiger partial charge in [-0.05, 0) is 31.5 Å². The lowest BCUT2D eigenvalue weighted by Gasteiger charge is -2.07. The molecule has 0 radical (unpaired) electrons. The number of aromatic amines is 1. The molecule has 0 atom stereocenters. The van der Waals surface area contributed by atoms with Gasteiger partial charge in [0.1, 0.15) is 11.2 Å². The number of rotatable bonds is 3. The summed E-state index contributed by atoms with van der Waals surface area (Å²) in [5, 5.41) is 12.4. The van der Waals surface area contributed by atoms with E-state index >= 15 is 0 Å². The molecule has 0 aliphatic rings. The van der Waals surface area contributed by atoms with Crippen molar-refractivity contribution in [2.75, 3.05) is 5.32 Å². The Balaban J connectivity index is 1.82. The highest BCUT2D eigenvalue weighted by molar-refractivity contribution is 5.95. The second kappa shape index (κ2) is 5.05. The molecule has 0 unspecified atom stereocenters. The van der Waals surface area contributed by atoms with Gasteiger partial charge >= 0.3 is 0 Å². The van der Waals surface area contributed by atoms with Crippen molar-refractivity contribution in [3.63, 3.8) is 0 Å². The number of anilines is 1. The molecule has 2 N–H and O–H groups in total. The SMILES string of the molecule is CC(C)Nc1ncc2c(-c3ccc4nnn(C)c4c3)c[nH]c2n1. The fourth-order valence-corrected chi connectivity index (χ4v) is 2.67. The van der Waals surface area contributed by atoms with Crippen LogP contribution in [0.25, 0.3) is 33.2 Å². The number of H-pyrrole nitrogens is 1. The normalized spacial score (nSPS) is 11.7. The molecular weight excluding hydrogens is 290 g/mol. The standard InChI is InChI=1S/C16H17N7/c1-9(2)19-16-18-8-12-11(7-17-15(12)20-16)10-4-5-13-14(6-10)23(3)22-21-13/h4-9H,1-3H3,(H2,17,18,19,20). The highest BCUT2D eigenvalue weighted by Gasteiger charge is 2.11. The molecule has 1 aromatic carbocycles. The summed E-state index contributed by atoms with van der Waals surface area (Å²) in [6, 6.07) is 6.39. The lowest BCUT2D eigenvalue weighted by Crippen LogP contribution is -2.12. The summed E-state index contributed by atoms with van der Waals surface area (Å²) in [4.78, 5) is 12.2. The summed E-state index contributed by atoms with van der Waals surface area (Å²) in [7, 11) is 1.89. The van der Waals surface area contributed by atoms with Gasteiger partial charge in [-0.15, -0.1) is 5.10 Å². The van der Waals surface area contributed by atoms with Crippen molar-refractivity contribution in [1.29, 1.82) is 0 Å². The largest absolute Gasteiger partial charge is 0.352 e. The van der Waals surface area contributed by atoms with Gasteiger partial charge in [0.15, 0.2) is 0 Å². The number of benzene rings is 1. The summed E-state index contributed by atoms with van der Waals surface area (Å²) in [5.74, 6) is 0.632. The van der Waals surface area contributed by atoms with Crippen LogP contribution in [-0.4, -0.2) is 36.0 Å². The Kier molecular flexibility index (Phi) is 3.00. The van der Waals surface area contributed by atoms with E-state index in [2.05, 4.69) is 50.5 Å². The summed E-state index contributed by atoms with van der Waals surface area (Å²) in [5.41, 5.74) is 4.86. The molecule has 3 heterocycles. The molecule has 0 saturated carbocycles. The summed E-state index contributed by atoms with van der Waals surface area (Å²) < 4.78 is 1.77. The Morgan fingerprint density at radius 3 is 2.96 bits per heavy atom. The minimum absolute atomic E-state index is 0.293. The minimum Gasteiger partial charge on any atom is -0.352 e. The van der Waals surface area contributed by atoms with Gasteiger partial charge in [-0.3, -0.25) is 0 Å². The third kappa shape index (κ3) is 2.30. The van der Waals surface area contributed by atoms with Crippen LogP contribution in [-0.2, 0) is 7.05 Å². The first-order chi connectivity index (χ1) is 11.1. The molecule has 0 amide bonds. The number of nitrogens with one attached hydrogen (secondary N) is 2. The Bertz CT molecular complexity index is 996. The van der Waals surface area contributed by atoms with Crippen LogP contribution in [0.3, 0.4) is 0 Å². The fraction of sp³-hybridized carbons (Fsp3) is 0.250. The van der Waals surface area contributed by atoms with Crippen LogP contribution in [0.5, 0.6) is 0 Å². The van der Waals surface area contributed by atoms with E-state index < -0.39 is 0 Å². The van der Waals surface area contributed by atoms with Crippen molar-refractivity contribution in [2.45, 2.75) is 19.9 Å². The van der Waals surface area contributed by atoms with Gasteiger partial charge in [-0.25, -0.2) is 9.67 Å². The molecule has 0 bridgehead atoms. The Morgan fingerprint density at radius 2 is 2.13 bits per heavy atom. The van der Waals surface area contributed by atoms with Gasteiger partial charge in [-0.1, -0.05) is 11.3 Å². The smallest absolute Gasteiger partial charge is 0.224 e. The quantitative estimate of drug-likeness (QED) is 0.608. The lowest BCUT2D eigenvalue weighted by atomic mass is 10.1. The third-order valence-electron chi connectivity index (χ3n) is 3.77. The summed E-state index contributed by atoms with van der Waals surface area (Å²) in [6.07, 6.45) is 3.81. The molecule has 7 heteroatoms. The van der Waals surface area contributed by atoms with E-state index in [1.165, 1.54) is 0 Å². The zero-order chi connectivity index (χ0) is 16.0. The van der Waals surface area contributed by atoms with Gasteiger partial charge in [0.25, 0.3) is 0 Å². The molecule has 7 nitrogen and oxygen atoms in total. The van der Waals surface area contributed by atoms with Crippen LogP contribution in [0.1, 0.15) is 13.8 Å². The van der Waals surface area contributed by atoms with Crippen molar-refractivity contribution in [1.82, 2.24) is 29.9 Å².